The number of carbonyl (C=O) groups excluding carboxylic acids is 2. The quantitative estimate of drug-likeness (QED) is 0.863. The Labute approximate surface area is 147 Å². The van der Waals surface area contributed by atoms with Gasteiger partial charge in [-0.25, -0.2) is 0 Å². The second-order valence-corrected chi connectivity index (χ2v) is 6.27. The minimum Gasteiger partial charge on any atom is -0.352 e. The molecule has 1 saturated heterocycles. The van der Waals surface area contributed by atoms with Crippen LogP contribution in [-0.4, -0.2) is 44.6 Å². The summed E-state index contributed by atoms with van der Waals surface area (Å²) in [4.78, 5) is 30.5. The van der Waals surface area contributed by atoms with Crippen LogP contribution in [0.4, 0.5) is 0 Å². The molecule has 25 heavy (non-hydrogen) atoms. The maximum absolute atomic E-state index is 12.6. The van der Waals surface area contributed by atoms with Crippen molar-refractivity contribution in [1.82, 2.24) is 25.0 Å². The third-order valence-corrected chi connectivity index (χ3v) is 4.52. The number of rotatable bonds is 6. The van der Waals surface area contributed by atoms with Gasteiger partial charge in [-0.15, -0.1) is 0 Å². The molecule has 1 N–H and O–H groups in total. The van der Waals surface area contributed by atoms with Crippen molar-refractivity contribution in [2.75, 3.05) is 13.1 Å². The Bertz CT molecular complexity index is 728. The standard InChI is InChI=1S/C18H23N5O2/c1-2-23-16(5-9-21-23)18(25)22-10-6-15(13-22)11-17(24)20-12-14-3-7-19-8-4-14/h3-5,7-9,15H,2,6,10-13H2,1H3,(H,20,24)/t15-/m1/s1. The molecule has 0 bridgehead atoms. The van der Waals surface area contributed by atoms with Gasteiger partial charge in [0.15, 0.2) is 0 Å². The van der Waals surface area contributed by atoms with E-state index in [0.29, 0.717) is 38.3 Å². The van der Waals surface area contributed by atoms with E-state index < -0.39 is 0 Å². The van der Waals surface area contributed by atoms with E-state index in [0.717, 1.165) is 12.0 Å². The molecule has 2 amide bonds. The minimum absolute atomic E-state index is 0.000885. The van der Waals surface area contributed by atoms with Gasteiger partial charge >= 0.3 is 0 Å². The Balaban J connectivity index is 1.48. The summed E-state index contributed by atoms with van der Waals surface area (Å²) in [6.07, 6.45) is 6.37. The Morgan fingerprint density at radius 2 is 2.04 bits per heavy atom. The zero-order chi connectivity index (χ0) is 17.6. The van der Waals surface area contributed by atoms with Gasteiger partial charge in [-0.1, -0.05) is 0 Å². The van der Waals surface area contributed by atoms with E-state index in [1.54, 1.807) is 29.3 Å². The maximum Gasteiger partial charge on any atom is 0.272 e. The first kappa shape index (κ1) is 17.1. The molecule has 1 atom stereocenters. The highest BCUT2D eigenvalue weighted by Gasteiger charge is 2.29. The minimum atomic E-state index is -0.000885. The van der Waals surface area contributed by atoms with Gasteiger partial charge in [0, 0.05) is 51.2 Å². The molecule has 0 radical (unpaired) electrons. The molecule has 0 saturated carbocycles. The average Bonchev–Trinajstić information content (AvgIpc) is 3.29. The fourth-order valence-corrected chi connectivity index (χ4v) is 3.15. The third-order valence-electron chi connectivity index (χ3n) is 4.52. The molecule has 2 aromatic heterocycles. The molecule has 2 aromatic rings. The molecule has 1 aliphatic rings. The summed E-state index contributed by atoms with van der Waals surface area (Å²) in [5.41, 5.74) is 1.64. The number of pyridine rings is 1. The lowest BCUT2D eigenvalue weighted by Crippen LogP contribution is -2.31. The molecule has 0 spiro atoms. The number of amides is 2. The maximum atomic E-state index is 12.6. The van der Waals surface area contributed by atoms with Crippen molar-refractivity contribution in [3.63, 3.8) is 0 Å². The second kappa shape index (κ2) is 7.92. The number of aryl methyl sites for hydroxylation is 1. The van der Waals surface area contributed by atoms with Crippen LogP contribution < -0.4 is 5.32 Å². The fourth-order valence-electron chi connectivity index (χ4n) is 3.15. The molecule has 0 unspecified atom stereocenters. The highest BCUT2D eigenvalue weighted by atomic mass is 16.2. The van der Waals surface area contributed by atoms with E-state index in [1.807, 2.05) is 24.0 Å². The topological polar surface area (TPSA) is 80.1 Å². The third kappa shape index (κ3) is 4.23. The van der Waals surface area contributed by atoms with E-state index in [9.17, 15) is 9.59 Å². The highest BCUT2D eigenvalue weighted by molar-refractivity contribution is 5.92. The Morgan fingerprint density at radius 1 is 1.24 bits per heavy atom. The van der Waals surface area contributed by atoms with Gasteiger partial charge in [0.1, 0.15) is 5.69 Å². The number of hydrogen-bond acceptors (Lipinski definition) is 4. The van der Waals surface area contributed by atoms with Crippen LogP contribution >= 0.6 is 0 Å². The number of hydrogen-bond donors (Lipinski definition) is 1. The van der Waals surface area contributed by atoms with E-state index in [2.05, 4.69) is 15.4 Å². The van der Waals surface area contributed by atoms with Gasteiger partial charge in [0.05, 0.1) is 0 Å². The van der Waals surface area contributed by atoms with Crippen LogP contribution in [0.2, 0.25) is 0 Å². The number of nitrogens with one attached hydrogen (secondary N) is 1. The Morgan fingerprint density at radius 3 is 2.80 bits per heavy atom. The molecule has 1 aliphatic heterocycles. The fraction of sp³-hybridized carbons (Fsp3) is 0.444. The van der Waals surface area contributed by atoms with E-state index in [4.69, 9.17) is 0 Å². The van der Waals surface area contributed by atoms with Crippen LogP contribution in [0.3, 0.4) is 0 Å². The summed E-state index contributed by atoms with van der Waals surface area (Å²) < 4.78 is 1.71. The molecule has 0 aliphatic carbocycles. The average molecular weight is 341 g/mol. The molecule has 3 heterocycles. The monoisotopic (exact) mass is 341 g/mol. The van der Waals surface area contributed by atoms with Crippen LogP contribution in [0.25, 0.3) is 0 Å². The lowest BCUT2D eigenvalue weighted by Gasteiger charge is -2.17. The van der Waals surface area contributed by atoms with Gasteiger partial charge in [0.25, 0.3) is 5.91 Å². The molecular formula is C18H23N5O2. The van der Waals surface area contributed by atoms with Gasteiger partial charge in [-0.3, -0.25) is 19.3 Å². The summed E-state index contributed by atoms with van der Waals surface area (Å²) in [5, 5.41) is 7.08. The zero-order valence-corrected chi connectivity index (χ0v) is 14.4. The Hall–Kier alpha value is -2.70. The molecule has 3 rings (SSSR count). The number of carbonyl (C=O) groups is 2. The number of nitrogens with zero attached hydrogens (tertiary/aromatic N) is 4. The predicted molar refractivity (Wildman–Crippen MR) is 92.6 cm³/mol. The molecule has 132 valence electrons. The smallest absolute Gasteiger partial charge is 0.272 e. The van der Waals surface area contributed by atoms with E-state index in [1.165, 1.54) is 0 Å². The van der Waals surface area contributed by atoms with Gasteiger partial charge < -0.3 is 10.2 Å². The van der Waals surface area contributed by atoms with Crippen LogP contribution in [0.5, 0.6) is 0 Å². The van der Waals surface area contributed by atoms with Crippen LogP contribution in [0, 0.1) is 5.92 Å². The predicted octanol–water partition coefficient (Wildman–Crippen LogP) is 1.47. The summed E-state index contributed by atoms with van der Waals surface area (Å²) in [6.45, 7) is 4.45. The van der Waals surface area contributed by atoms with Crippen LogP contribution in [0.15, 0.2) is 36.8 Å². The van der Waals surface area contributed by atoms with E-state index in [-0.39, 0.29) is 17.7 Å². The van der Waals surface area contributed by atoms with Crippen molar-refractivity contribution < 1.29 is 9.59 Å². The Kier molecular flexibility index (Phi) is 5.42. The first-order valence-corrected chi connectivity index (χ1v) is 8.64. The van der Waals surface area contributed by atoms with Crippen LogP contribution in [0.1, 0.15) is 35.8 Å². The molecule has 7 nitrogen and oxygen atoms in total. The first-order chi connectivity index (χ1) is 12.2. The lowest BCUT2D eigenvalue weighted by molar-refractivity contribution is -0.122. The van der Waals surface area contributed by atoms with Crippen molar-refractivity contribution in [2.45, 2.75) is 32.9 Å². The summed E-state index contributed by atoms with van der Waals surface area (Å²) in [6, 6.07) is 5.51. The second-order valence-electron chi connectivity index (χ2n) is 6.27. The van der Waals surface area contributed by atoms with Crippen LogP contribution in [-0.2, 0) is 17.9 Å². The largest absolute Gasteiger partial charge is 0.352 e. The molecular weight excluding hydrogens is 318 g/mol. The molecule has 7 heteroatoms. The number of likely N-dealkylation sites (tertiary alicyclic amines) is 1. The molecule has 1 fully saturated rings. The lowest BCUT2D eigenvalue weighted by atomic mass is 10.0. The van der Waals surface area contributed by atoms with E-state index >= 15 is 0 Å². The van der Waals surface area contributed by atoms with Crippen molar-refractivity contribution in [2.24, 2.45) is 5.92 Å². The normalized spacial score (nSPS) is 16.8. The van der Waals surface area contributed by atoms with Crippen molar-refractivity contribution in [3.05, 3.63) is 48.0 Å². The van der Waals surface area contributed by atoms with Gasteiger partial charge in [0.2, 0.25) is 5.91 Å². The van der Waals surface area contributed by atoms with Gasteiger partial charge in [-0.2, -0.15) is 5.10 Å². The SMILES string of the molecule is CCn1nccc1C(=O)N1CC[C@H](CC(=O)NCc2ccncc2)C1. The number of aromatic nitrogens is 3. The van der Waals surface area contributed by atoms with Crippen molar-refractivity contribution in [3.8, 4) is 0 Å². The molecule has 0 aromatic carbocycles. The summed E-state index contributed by atoms with van der Waals surface area (Å²) in [5.74, 6) is 0.230. The summed E-state index contributed by atoms with van der Waals surface area (Å²) in [7, 11) is 0. The van der Waals surface area contributed by atoms with Gasteiger partial charge in [-0.05, 0) is 43.0 Å². The highest BCUT2D eigenvalue weighted by Crippen LogP contribution is 2.21. The van der Waals surface area contributed by atoms with Crippen molar-refractivity contribution >= 4 is 11.8 Å². The van der Waals surface area contributed by atoms with Crippen molar-refractivity contribution in [1.29, 1.82) is 0 Å². The summed E-state index contributed by atoms with van der Waals surface area (Å²) >= 11 is 0. The first-order valence-electron chi connectivity index (χ1n) is 8.64. The zero-order valence-electron chi connectivity index (χ0n) is 14.4.